The number of thioether (sulfide) groups is 2. The summed E-state index contributed by atoms with van der Waals surface area (Å²) >= 11 is 3.41. The lowest BCUT2D eigenvalue weighted by atomic mass is 9.93. The first-order chi connectivity index (χ1) is 26.5. The van der Waals surface area contributed by atoms with Gasteiger partial charge in [-0.1, -0.05) is 49.8 Å². The van der Waals surface area contributed by atoms with Crippen molar-refractivity contribution in [3.63, 3.8) is 0 Å². The Morgan fingerprint density at radius 3 is 2.35 bits per heavy atom. The van der Waals surface area contributed by atoms with Gasteiger partial charge in [-0.3, -0.25) is 28.8 Å². The highest BCUT2D eigenvalue weighted by Gasteiger charge is 2.52. The molecule has 4 aliphatic rings. The van der Waals surface area contributed by atoms with E-state index >= 15 is 0 Å². The van der Waals surface area contributed by atoms with E-state index in [4.69, 9.17) is 15.2 Å². The summed E-state index contributed by atoms with van der Waals surface area (Å²) in [5.41, 5.74) is 6.71. The Bertz CT molecular complexity index is 1600. The van der Waals surface area contributed by atoms with E-state index in [1.807, 2.05) is 6.08 Å². The van der Waals surface area contributed by atoms with Gasteiger partial charge in [0, 0.05) is 25.8 Å². The number of hydrogen-bond acceptors (Lipinski definition) is 11. The average molecular weight is 801 g/mol. The number of ketones is 1. The van der Waals surface area contributed by atoms with E-state index < -0.39 is 76.2 Å². The van der Waals surface area contributed by atoms with Crippen LogP contribution >= 0.6 is 23.5 Å². The Hall–Kier alpha value is -4.09. The van der Waals surface area contributed by atoms with Crippen LogP contribution in [0.4, 0.5) is 4.79 Å². The van der Waals surface area contributed by atoms with Crippen LogP contribution in [-0.4, -0.2) is 112 Å². The minimum Gasteiger partial charge on any atom is -0.446 e. The van der Waals surface area contributed by atoms with E-state index in [0.29, 0.717) is 50.9 Å². The van der Waals surface area contributed by atoms with Gasteiger partial charge in [-0.15, -0.1) is 23.5 Å². The number of alkyl carbamates (subject to hydrolysis) is 1. The first-order valence-corrected chi connectivity index (χ1v) is 21.1. The predicted molar refractivity (Wildman–Crippen MR) is 208 cm³/mol. The number of allylic oxidation sites excluding steroid dienone is 1. The maximum Gasteiger partial charge on any atom is 0.408 e. The van der Waals surface area contributed by atoms with Crippen molar-refractivity contribution in [2.24, 2.45) is 5.73 Å². The molecule has 17 heteroatoms. The molecule has 0 bridgehead atoms. The Labute approximate surface area is 329 Å². The van der Waals surface area contributed by atoms with Crippen molar-refractivity contribution >= 4 is 64.9 Å². The molecule has 0 saturated carbocycles. The van der Waals surface area contributed by atoms with Gasteiger partial charge in [0.05, 0.1) is 29.9 Å². The molecule has 5 rings (SSSR count). The zero-order valence-electron chi connectivity index (χ0n) is 31.2. The van der Waals surface area contributed by atoms with Gasteiger partial charge in [0.15, 0.2) is 0 Å². The van der Waals surface area contributed by atoms with Crippen LogP contribution in [0, 0.1) is 0 Å². The summed E-state index contributed by atoms with van der Waals surface area (Å²) in [6, 6.07) is 3.97. The summed E-state index contributed by atoms with van der Waals surface area (Å²) in [7, 11) is 0. The molecule has 3 heterocycles. The fourth-order valence-electron chi connectivity index (χ4n) is 7.24. The largest absolute Gasteiger partial charge is 0.446 e. The Kier molecular flexibility index (Phi) is 15.4. The van der Waals surface area contributed by atoms with Crippen LogP contribution < -0.4 is 27.0 Å². The molecule has 55 heavy (non-hydrogen) atoms. The maximum absolute atomic E-state index is 14.6. The number of carbonyl (C=O) groups excluding carboxylic acids is 7. The van der Waals surface area contributed by atoms with Crippen molar-refractivity contribution in [2.45, 2.75) is 105 Å². The van der Waals surface area contributed by atoms with Crippen molar-refractivity contribution in [3.8, 4) is 0 Å². The molecule has 3 fully saturated rings. The van der Waals surface area contributed by atoms with Crippen LogP contribution in [0.5, 0.6) is 0 Å². The van der Waals surface area contributed by atoms with E-state index in [1.165, 1.54) is 4.90 Å². The molecule has 4 atom stereocenters. The third kappa shape index (κ3) is 11.5. The van der Waals surface area contributed by atoms with Crippen molar-refractivity contribution in [1.29, 1.82) is 0 Å². The van der Waals surface area contributed by atoms with Gasteiger partial charge in [-0.25, -0.2) is 4.79 Å². The number of carbonyl (C=O) groups is 7. The lowest BCUT2D eigenvalue weighted by Gasteiger charge is -2.33. The molecule has 2 unspecified atom stereocenters. The fraction of sp³-hybridized carbons (Fsp3) is 0.605. The highest BCUT2D eigenvalue weighted by Crippen LogP contribution is 2.50. The number of nitrogens with zero attached hydrogens (tertiary/aromatic N) is 1. The van der Waals surface area contributed by atoms with Gasteiger partial charge < -0.3 is 41.4 Å². The number of nitrogens with two attached hydrogens (primary N) is 1. The predicted octanol–water partition coefficient (Wildman–Crippen LogP) is 2.24. The minimum absolute atomic E-state index is 0.131. The zero-order valence-corrected chi connectivity index (χ0v) is 32.8. The van der Waals surface area contributed by atoms with Gasteiger partial charge in [0.2, 0.25) is 29.4 Å². The third-order valence-electron chi connectivity index (χ3n) is 10.1. The summed E-state index contributed by atoms with van der Waals surface area (Å²) in [5, 5.41) is 10.3. The van der Waals surface area contributed by atoms with Crippen LogP contribution in [0.2, 0.25) is 0 Å². The molecule has 1 aromatic carbocycles. The summed E-state index contributed by atoms with van der Waals surface area (Å²) in [6.07, 6.45) is 7.17. The van der Waals surface area contributed by atoms with Crippen molar-refractivity contribution in [1.82, 2.24) is 26.2 Å². The summed E-state index contributed by atoms with van der Waals surface area (Å²) in [5.74, 6) is -2.86. The molecule has 6 amide bonds. The van der Waals surface area contributed by atoms with Crippen molar-refractivity contribution in [3.05, 3.63) is 47.5 Å². The average Bonchev–Trinajstić information content (AvgIpc) is 3.57. The molecule has 1 aromatic rings. The summed E-state index contributed by atoms with van der Waals surface area (Å²) < 4.78 is 10.6. The maximum atomic E-state index is 14.6. The Balaban J connectivity index is 1.28. The van der Waals surface area contributed by atoms with E-state index in [2.05, 4.69) is 21.3 Å². The highest BCUT2D eigenvalue weighted by molar-refractivity contribution is 8.18. The molecule has 0 radical (unpaired) electrons. The van der Waals surface area contributed by atoms with E-state index in [0.717, 1.165) is 42.8 Å². The second kappa shape index (κ2) is 20.2. The minimum atomic E-state index is -1.23. The van der Waals surface area contributed by atoms with Crippen LogP contribution in [0.15, 0.2) is 42.0 Å². The number of primary amides is 1. The van der Waals surface area contributed by atoms with Crippen LogP contribution in [0.1, 0.15) is 82.7 Å². The first-order valence-electron chi connectivity index (χ1n) is 19.1. The molecule has 3 saturated heterocycles. The number of Topliss-reactive ketones (excluding diaryl/α,β-unsaturated/α-hetero) is 1. The van der Waals surface area contributed by atoms with Gasteiger partial charge in [0.25, 0.3) is 5.91 Å². The fourth-order valence-corrected chi connectivity index (χ4v) is 10.6. The van der Waals surface area contributed by atoms with Gasteiger partial charge in [0.1, 0.15) is 24.2 Å². The summed E-state index contributed by atoms with van der Waals surface area (Å²) in [4.78, 5) is 94.8. The highest BCUT2D eigenvalue weighted by atomic mass is 32.2. The lowest BCUT2D eigenvalue weighted by Crippen LogP contribution is -2.57. The number of likely N-dealkylation sites (tertiary alicyclic amines) is 1. The first kappa shape index (κ1) is 42.1. The molecule has 0 aromatic heterocycles. The lowest BCUT2D eigenvalue weighted by molar-refractivity contribution is -0.142. The molecule has 1 spiro atoms. The Morgan fingerprint density at radius 2 is 1.69 bits per heavy atom. The molecule has 15 nitrogen and oxygen atoms in total. The number of amides is 6. The van der Waals surface area contributed by atoms with E-state index in [1.54, 1.807) is 60.8 Å². The number of ether oxygens (including phenoxy) is 2. The zero-order chi connectivity index (χ0) is 39.4. The van der Waals surface area contributed by atoms with Gasteiger partial charge in [-0.2, -0.15) is 0 Å². The molecule has 6 N–H and O–H groups in total. The monoisotopic (exact) mass is 800 g/mol. The SMILES string of the molecule is CCCC(NC(=O)[C@@H]1CC2(CN1C(=O)[C@@H](NC(=O)OC1CCOCC1)C1=CCCCC1)SCCCS2)C(=O)C(=O)NCC(=O)NC(C(N)=O)c1ccccc1. The standard InChI is InChI=1S/C38H52N6O9S2/c1-2-10-27(32(46)35(49)40-22-29(45)42-30(33(39)47)24-11-5-3-6-12-24)41-34(48)28-21-38(54-19-9-20-55-38)23-44(28)36(50)31(25-13-7-4-8-14-25)43-37(51)53-26-15-17-52-18-16-26/h3,5-6,11-13,26-28,30-31H,2,4,7-10,14-23H2,1H3,(H2,39,47)(H,40,49)(H,41,48)(H,42,45)(H,43,51)/t27?,28-,30?,31-/m0/s1. The molecular weight excluding hydrogens is 749 g/mol. The molecule has 1 aliphatic carbocycles. The topological polar surface area (TPSA) is 215 Å². The summed E-state index contributed by atoms with van der Waals surface area (Å²) in [6.45, 7) is 2.42. The van der Waals surface area contributed by atoms with E-state index in [9.17, 15) is 33.6 Å². The van der Waals surface area contributed by atoms with Crippen LogP contribution in [0.25, 0.3) is 0 Å². The molecular formula is C38H52N6O9S2. The van der Waals surface area contributed by atoms with Crippen molar-refractivity contribution < 1.29 is 43.0 Å². The van der Waals surface area contributed by atoms with Crippen LogP contribution in [-0.2, 0) is 38.2 Å². The second-order valence-corrected chi connectivity index (χ2v) is 17.4. The van der Waals surface area contributed by atoms with Crippen molar-refractivity contribution in [2.75, 3.05) is 37.8 Å². The van der Waals surface area contributed by atoms with Crippen LogP contribution in [0.3, 0.4) is 0 Å². The van der Waals surface area contributed by atoms with Gasteiger partial charge >= 0.3 is 6.09 Å². The number of benzene rings is 1. The number of nitrogens with one attached hydrogen (secondary N) is 4. The quantitative estimate of drug-likeness (QED) is 0.128. The number of hydrogen-bond donors (Lipinski definition) is 5. The van der Waals surface area contributed by atoms with E-state index in [-0.39, 0.29) is 19.1 Å². The normalized spacial score (nSPS) is 21.3. The van der Waals surface area contributed by atoms with Gasteiger partial charge in [-0.05, 0) is 61.2 Å². The second-order valence-electron chi connectivity index (χ2n) is 14.2. The molecule has 3 aliphatic heterocycles. The Morgan fingerprint density at radius 1 is 0.964 bits per heavy atom. The molecule has 300 valence electrons. The number of rotatable bonds is 15. The smallest absolute Gasteiger partial charge is 0.408 e. The third-order valence-corrected chi connectivity index (χ3v) is 13.4.